The summed E-state index contributed by atoms with van der Waals surface area (Å²) in [5, 5.41) is 12.1. The van der Waals surface area contributed by atoms with E-state index in [1.54, 1.807) is 0 Å². The molecule has 2 heteroatoms. The first-order valence-corrected chi connectivity index (χ1v) is 6.32. The van der Waals surface area contributed by atoms with Crippen molar-refractivity contribution in [2.75, 3.05) is 19.7 Å². The summed E-state index contributed by atoms with van der Waals surface area (Å²) in [7, 11) is 0. The Morgan fingerprint density at radius 1 is 1.07 bits per heavy atom. The van der Waals surface area contributed by atoms with Crippen LogP contribution in [0.1, 0.15) is 53.4 Å². The molecule has 0 heterocycles. The van der Waals surface area contributed by atoms with Crippen LogP contribution >= 0.6 is 0 Å². The number of hydrogen-bond donors (Lipinski definition) is 2. The van der Waals surface area contributed by atoms with E-state index in [2.05, 4.69) is 33.0 Å². The Hall–Kier alpha value is -0.0800. The molecular weight excluding hydrogens is 186 g/mol. The quantitative estimate of drug-likeness (QED) is 0.580. The molecule has 0 aromatic carbocycles. The van der Waals surface area contributed by atoms with Gasteiger partial charge in [0.15, 0.2) is 0 Å². The van der Waals surface area contributed by atoms with Gasteiger partial charge in [0.1, 0.15) is 0 Å². The van der Waals surface area contributed by atoms with Crippen molar-refractivity contribution >= 4 is 0 Å². The van der Waals surface area contributed by atoms with E-state index in [9.17, 15) is 0 Å². The van der Waals surface area contributed by atoms with Crippen LogP contribution in [-0.4, -0.2) is 24.8 Å². The molecule has 0 aliphatic carbocycles. The molecule has 2 N–H and O–H groups in total. The zero-order chi connectivity index (χ0) is 11.7. The van der Waals surface area contributed by atoms with E-state index in [1.165, 1.54) is 12.8 Å². The first-order chi connectivity index (χ1) is 7.00. The first-order valence-electron chi connectivity index (χ1n) is 6.32. The fraction of sp³-hybridized carbons (Fsp3) is 1.00. The fourth-order valence-electron chi connectivity index (χ4n) is 1.33. The number of hydrogen-bond acceptors (Lipinski definition) is 2. The molecule has 92 valence electrons. The Balaban J connectivity index is 3.31. The molecule has 0 aliphatic rings. The van der Waals surface area contributed by atoms with Crippen molar-refractivity contribution in [3.8, 4) is 0 Å². The maximum atomic E-state index is 8.62. The summed E-state index contributed by atoms with van der Waals surface area (Å²) in [5.41, 5.74) is 0.394. The van der Waals surface area contributed by atoms with E-state index in [0.717, 1.165) is 31.8 Å². The molecule has 0 aromatic heterocycles. The van der Waals surface area contributed by atoms with E-state index in [4.69, 9.17) is 5.11 Å². The average molecular weight is 215 g/mol. The second kappa shape index (κ2) is 8.12. The van der Waals surface area contributed by atoms with Crippen LogP contribution in [0.15, 0.2) is 0 Å². The van der Waals surface area contributed by atoms with Crippen molar-refractivity contribution in [2.45, 2.75) is 53.4 Å². The summed E-state index contributed by atoms with van der Waals surface area (Å²) in [6, 6.07) is 0. The third-order valence-electron chi connectivity index (χ3n) is 3.41. The first kappa shape index (κ1) is 14.9. The molecule has 0 spiro atoms. The van der Waals surface area contributed by atoms with Crippen LogP contribution in [0.3, 0.4) is 0 Å². The Morgan fingerprint density at radius 2 is 1.67 bits per heavy atom. The van der Waals surface area contributed by atoms with Gasteiger partial charge in [0.25, 0.3) is 0 Å². The van der Waals surface area contributed by atoms with Gasteiger partial charge in [-0.15, -0.1) is 0 Å². The van der Waals surface area contributed by atoms with Crippen molar-refractivity contribution in [3.63, 3.8) is 0 Å². The van der Waals surface area contributed by atoms with Gasteiger partial charge in [0.05, 0.1) is 0 Å². The molecule has 0 fully saturated rings. The van der Waals surface area contributed by atoms with Crippen LogP contribution in [0.4, 0.5) is 0 Å². The van der Waals surface area contributed by atoms with Crippen molar-refractivity contribution in [1.82, 2.24) is 5.32 Å². The summed E-state index contributed by atoms with van der Waals surface area (Å²) in [6.07, 6.45) is 4.58. The molecule has 0 aliphatic heterocycles. The minimum Gasteiger partial charge on any atom is -0.396 e. The maximum absolute atomic E-state index is 8.62. The summed E-state index contributed by atoms with van der Waals surface area (Å²) in [6.45, 7) is 11.7. The molecule has 0 rings (SSSR count). The number of aliphatic hydroxyl groups is 1. The second-order valence-electron chi connectivity index (χ2n) is 5.46. The molecular formula is C13H29NO. The highest BCUT2D eigenvalue weighted by molar-refractivity contribution is 4.74. The topological polar surface area (TPSA) is 32.3 Å². The molecule has 0 unspecified atom stereocenters. The molecule has 15 heavy (non-hydrogen) atoms. The predicted molar refractivity (Wildman–Crippen MR) is 67.0 cm³/mol. The monoisotopic (exact) mass is 215 g/mol. The zero-order valence-corrected chi connectivity index (χ0v) is 11.0. The lowest BCUT2D eigenvalue weighted by Crippen LogP contribution is -2.33. The number of nitrogens with one attached hydrogen (secondary N) is 1. The summed E-state index contributed by atoms with van der Waals surface area (Å²) >= 11 is 0. The predicted octanol–water partition coefficient (Wildman–Crippen LogP) is 2.81. The molecule has 0 bridgehead atoms. The standard InChI is InChI=1S/C13H29NO/c1-12(2)13(3,4)11-14-9-7-5-6-8-10-15/h12,14-15H,5-11H2,1-4H3. The van der Waals surface area contributed by atoms with Crippen LogP contribution < -0.4 is 5.32 Å². The molecule has 0 saturated heterocycles. The van der Waals surface area contributed by atoms with E-state index < -0.39 is 0 Å². The SMILES string of the molecule is CC(C)C(C)(C)CNCCCCCCO. The molecule has 0 saturated carbocycles. The van der Waals surface area contributed by atoms with Gasteiger partial charge in [-0.2, -0.15) is 0 Å². The van der Waals surface area contributed by atoms with Gasteiger partial charge < -0.3 is 10.4 Å². The average Bonchev–Trinajstić information content (AvgIpc) is 2.16. The van der Waals surface area contributed by atoms with Crippen LogP contribution in [0, 0.1) is 11.3 Å². The number of rotatable bonds is 9. The van der Waals surface area contributed by atoms with Crippen molar-refractivity contribution in [1.29, 1.82) is 0 Å². The van der Waals surface area contributed by atoms with E-state index in [0.29, 0.717) is 12.0 Å². The van der Waals surface area contributed by atoms with Crippen molar-refractivity contribution in [3.05, 3.63) is 0 Å². The summed E-state index contributed by atoms with van der Waals surface area (Å²) in [5.74, 6) is 0.722. The van der Waals surface area contributed by atoms with Gasteiger partial charge >= 0.3 is 0 Å². The normalized spacial score (nSPS) is 12.4. The van der Waals surface area contributed by atoms with Gasteiger partial charge in [0, 0.05) is 13.2 Å². The lowest BCUT2D eigenvalue weighted by atomic mass is 9.81. The Labute approximate surface area is 95.5 Å². The highest BCUT2D eigenvalue weighted by Gasteiger charge is 2.21. The maximum Gasteiger partial charge on any atom is 0.0431 e. The van der Waals surface area contributed by atoms with Crippen molar-refractivity contribution in [2.24, 2.45) is 11.3 Å². The summed E-state index contributed by atoms with van der Waals surface area (Å²) in [4.78, 5) is 0. The second-order valence-corrected chi connectivity index (χ2v) is 5.46. The van der Waals surface area contributed by atoms with E-state index in [-0.39, 0.29) is 0 Å². The number of unbranched alkanes of at least 4 members (excludes halogenated alkanes) is 3. The largest absolute Gasteiger partial charge is 0.396 e. The Morgan fingerprint density at radius 3 is 2.20 bits per heavy atom. The summed E-state index contributed by atoms with van der Waals surface area (Å²) < 4.78 is 0. The van der Waals surface area contributed by atoms with Gasteiger partial charge in [-0.05, 0) is 30.7 Å². The van der Waals surface area contributed by atoms with Crippen LogP contribution in [0.5, 0.6) is 0 Å². The Bertz CT molecular complexity index is 143. The van der Waals surface area contributed by atoms with Gasteiger partial charge in [0.2, 0.25) is 0 Å². The smallest absolute Gasteiger partial charge is 0.0431 e. The van der Waals surface area contributed by atoms with Gasteiger partial charge in [-0.1, -0.05) is 40.5 Å². The Kier molecular flexibility index (Phi) is 8.07. The van der Waals surface area contributed by atoms with Crippen molar-refractivity contribution < 1.29 is 5.11 Å². The van der Waals surface area contributed by atoms with E-state index in [1.807, 2.05) is 0 Å². The highest BCUT2D eigenvalue weighted by atomic mass is 16.2. The molecule has 2 nitrogen and oxygen atoms in total. The minimum atomic E-state index is 0.341. The number of aliphatic hydroxyl groups excluding tert-OH is 1. The van der Waals surface area contributed by atoms with Crippen LogP contribution in [-0.2, 0) is 0 Å². The third kappa shape index (κ3) is 7.80. The van der Waals surface area contributed by atoms with E-state index >= 15 is 0 Å². The molecule has 0 amide bonds. The lowest BCUT2D eigenvalue weighted by Gasteiger charge is -2.29. The lowest BCUT2D eigenvalue weighted by molar-refractivity contribution is 0.238. The highest BCUT2D eigenvalue weighted by Crippen LogP contribution is 2.24. The van der Waals surface area contributed by atoms with Crippen LogP contribution in [0.25, 0.3) is 0 Å². The third-order valence-corrected chi connectivity index (χ3v) is 3.41. The van der Waals surface area contributed by atoms with Gasteiger partial charge in [-0.3, -0.25) is 0 Å². The molecule has 0 atom stereocenters. The molecule has 0 aromatic rings. The van der Waals surface area contributed by atoms with Crippen LogP contribution in [0.2, 0.25) is 0 Å². The zero-order valence-electron chi connectivity index (χ0n) is 11.0. The fourth-order valence-corrected chi connectivity index (χ4v) is 1.33. The minimum absolute atomic E-state index is 0.341. The van der Waals surface area contributed by atoms with Gasteiger partial charge in [-0.25, -0.2) is 0 Å². The molecule has 0 radical (unpaired) electrons.